The molecule has 2 N–H and O–H groups in total. The lowest BCUT2D eigenvalue weighted by molar-refractivity contribution is 0.0236. The van der Waals surface area contributed by atoms with E-state index in [-0.39, 0.29) is 17.9 Å². The molecule has 0 saturated heterocycles. The zero-order valence-corrected chi connectivity index (χ0v) is 10.1. The molecule has 1 rings (SSSR count). The first-order chi connectivity index (χ1) is 7.07. The number of rotatable bonds is 7. The fraction of sp³-hybridized carbons (Fsp3) is 1.00. The Morgan fingerprint density at radius 2 is 2.07 bits per heavy atom. The van der Waals surface area contributed by atoms with E-state index in [4.69, 9.17) is 4.74 Å². The number of nitrogens with one attached hydrogen (secondary N) is 2. The molecule has 0 aliphatic heterocycles. The molecule has 6 heteroatoms. The number of ether oxygens (including phenoxy) is 1. The van der Waals surface area contributed by atoms with Gasteiger partial charge in [0.15, 0.2) is 0 Å². The van der Waals surface area contributed by atoms with Crippen molar-refractivity contribution < 1.29 is 13.2 Å². The Bertz CT molecular complexity index is 273. The third-order valence-corrected chi connectivity index (χ3v) is 4.13. The average molecular weight is 236 g/mol. The van der Waals surface area contributed by atoms with Gasteiger partial charge >= 0.3 is 0 Å². The fourth-order valence-corrected chi connectivity index (χ4v) is 2.95. The van der Waals surface area contributed by atoms with E-state index >= 15 is 0 Å². The molecule has 0 unspecified atom stereocenters. The number of hydrogen-bond donors (Lipinski definition) is 2. The van der Waals surface area contributed by atoms with Crippen LogP contribution in [-0.4, -0.2) is 47.0 Å². The Morgan fingerprint density at radius 3 is 2.60 bits per heavy atom. The van der Waals surface area contributed by atoms with E-state index in [0.29, 0.717) is 6.42 Å². The zero-order chi connectivity index (χ0) is 11.3. The van der Waals surface area contributed by atoms with Gasteiger partial charge < -0.3 is 10.1 Å². The summed E-state index contributed by atoms with van der Waals surface area (Å²) < 4.78 is 30.8. The first-order valence-corrected chi connectivity index (χ1v) is 6.90. The SMILES string of the molecule is CNCCCS(=O)(=O)NC1CC(OC)C1. The van der Waals surface area contributed by atoms with Gasteiger partial charge in [0.25, 0.3) is 0 Å². The molecule has 1 saturated carbocycles. The first-order valence-electron chi connectivity index (χ1n) is 5.25. The van der Waals surface area contributed by atoms with Gasteiger partial charge in [-0.05, 0) is 32.9 Å². The van der Waals surface area contributed by atoms with E-state index in [1.54, 1.807) is 7.11 Å². The third-order valence-electron chi connectivity index (χ3n) is 2.61. The normalized spacial score (nSPS) is 26.3. The summed E-state index contributed by atoms with van der Waals surface area (Å²) in [6.45, 7) is 0.728. The van der Waals surface area contributed by atoms with Crippen molar-refractivity contribution in [1.82, 2.24) is 10.0 Å². The van der Waals surface area contributed by atoms with Crippen molar-refractivity contribution >= 4 is 10.0 Å². The summed E-state index contributed by atoms with van der Waals surface area (Å²) in [6, 6.07) is 0.0783. The summed E-state index contributed by atoms with van der Waals surface area (Å²) in [7, 11) is 0.379. The van der Waals surface area contributed by atoms with Crippen LogP contribution in [0.15, 0.2) is 0 Å². The van der Waals surface area contributed by atoms with Crippen LogP contribution in [0.2, 0.25) is 0 Å². The quantitative estimate of drug-likeness (QED) is 0.595. The Balaban J connectivity index is 2.19. The van der Waals surface area contributed by atoms with Crippen molar-refractivity contribution in [2.75, 3.05) is 26.5 Å². The molecule has 0 aromatic heterocycles. The van der Waals surface area contributed by atoms with Gasteiger partial charge in [-0.15, -0.1) is 0 Å². The first kappa shape index (κ1) is 12.9. The molecule has 90 valence electrons. The second-order valence-electron chi connectivity index (χ2n) is 3.92. The van der Waals surface area contributed by atoms with Crippen LogP contribution in [0.1, 0.15) is 19.3 Å². The van der Waals surface area contributed by atoms with Crippen molar-refractivity contribution in [2.24, 2.45) is 0 Å². The van der Waals surface area contributed by atoms with Gasteiger partial charge in [0, 0.05) is 13.2 Å². The summed E-state index contributed by atoms with van der Waals surface area (Å²) in [5, 5.41) is 2.93. The molecule has 1 fully saturated rings. The molecule has 0 bridgehead atoms. The molecule has 0 spiro atoms. The van der Waals surface area contributed by atoms with Gasteiger partial charge in [-0.25, -0.2) is 13.1 Å². The van der Waals surface area contributed by atoms with E-state index in [1.165, 1.54) is 0 Å². The van der Waals surface area contributed by atoms with E-state index < -0.39 is 10.0 Å². The molecule has 0 radical (unpaired) electrons. The topological polar surface area (TPSA) is 67.4 Å². The van der Waals surface area contributed by atoms with Crippen LogP contribution < -0.4 is 10.0 Å². The summed E-state index contributed by atoms with van der Waals surface area (Å²) in [6.07, 6.45) is 2.46. The van der Waals surface area contributed by atoms with Gasteiger partial charge in [0.05, 0.1) is 11.9 Å². The number of hydrogen-bond acceptors (Lipinski definition) is 4. The van der Waals surface area contributed by atoms with Crippen LogP contribution in [0.3, 0.4) is 0 Å². The standard InChI is InChI=1S/C9H20N2O3S/c1-10-4-3-5-15(12,13)11-8-6-9(7-8)14-2/h8-11H,3-7H2,1-2H3. The molecule has 0 heterocycles. The van der Waals surface area contributed by atoms with Crippen LogP contribution >= 0.6 is 0 Å². The summed E-state index contributed by atoms with van der Waals surface area (Å²) in [5.74, 6) is 0.196. The van der Waals surface area contributed by atoms with E-state index in [0.717, 1.165) is 19.4 Å². The minimum atomic E-state index is -3.09. The molecule has 1 aliphatic rings. The predicted molar refractivity (Wildman–Crippen MR) is 59.3 cm³/mol. The second-order valence-corrected chi connectivity index (χ2v) is 5.79. The minimum Gasteiger partial charge on any atom is -0.381 e. The largest absolute Gasteiger partial charge is 0.381 e. The van der Waals surface area contributed by atoms with Crippen LogP contribution in [0.4, 0.5) is 0 Å². The third kappa shape index (κ3) is 4.46. The Labute approximate surface area is 91.6 Å². The highest BCUT2D eigenvalue weighted by atomic mass is 32.2. The molecule has 15 heavy (non-hydrogen) atoms. The van der Waals surface area contributed by atoms with Crippen LogP contribution in [-0.2, 0) is 14.8 Å². The van der Waals surface area contributed by atoms with E-state index in [2.05, 4.69) is 10.0 Å². The molecule has 0 aromatic carbocycles. The summed E-state index contributed by atoms with van der Waals surface area (Å²) >= 11 is 0. The lowest BCUT2D eigenvalue weighted by atomic mass is 9.90. The van der Waals surface area contributed by atoms with Crippen LogP contribution in [0, 0.1) is 0 Å². The smallest absolute Gasteiger partial charge is 0.211 e. The van der Waals surface area contributed by atoms with Crippen molar-refractivity contribution in [3.05, 3.63) is 0 Å². The fourth-order valence-electron chi connectivity index (χ4n) is 1.61. The highest BCUT2D eigenvalue weighted by Gasteiger charge is 2.31. The number of methoxy groups -OCH3 is 1. The van der Waals surface area contributed by atoms with Gasteiger partial charge in [0.1, 0.15) is 0 Å². The number of sulfonamides is 1. The maximum atomic E-state index is 11.5. The molecule has 0 atom stereocenters. The summed E-state index contributed by atoms with van der Waals surface area (Å²) in [4.78, 5) is 0. The lowest BCUT2D eigenvalue weighted by Crippen LogP contribution is -2.48. The highest BCUT2D eigenvalue weighted by Crippen LogP contribution is 2.23. The van der Waals surface area contributed by atoms with Gasteiger partial charge in [0.2, 0.25) is 10.0 Å². The maximum absolute atomic E-state index is 11.5. The Morgan fingerprint density at radius 1 is 1.40 bits per heavy atom. The van der Waals surface area contributed by atoms with Crippen molar-refractivity contribution in [1.29, 1.82) is 0 Å². The molecule has 0 aromatic rings. The molecule has 0 amide bonds. The van der Waals surface area contributed by atoms with Crippen molar-refractivity contribution in [3.8, 4) is 0 Å². The molecule has 1 aliphatic carbocycles. The average Bonchev–Trinajstić information content (AvgIpc) is 2.11. The zero-order valence-electron chi connectivity index (χ0n) is 9.32. The lowest BCUT2D eigenvalue weighted by Gasteiger charge is -2.34. The monoisotopic (exact) mass is 236 g/mol. The molecule has 5 nitrogen and oxygen atoms in total. The van der Waals surface area contributed by atoms with Gasteiger partial charge in [-0.3, -0.25) is 0 Å². The summed E-state index contributed by atoms with van der Waals surface area (Å²) in [5.41, 5.74) is 0. The van der Waals surface area contributed by atoms with E-state index in [9.17, 15) is 8.42 Å². The minimum absolute atomic E-state index is 0.0783. The van der Waals surface area contributed by atoms with Crippen molar-refractivity contribution in [3.63, 3.8) is 0 Å². The van der Waals surface area contributed by atoms with E-state index in [1.807, 2.05) is 7.05 Å². The van der Waals surface area contributed by atoms with Crippen LogP contribution in [0.5, 0.6) is 0 Å². The Kier molecular flexibility index (Phi) is 4.98. The molecular formula is C9H20N2O3S. The van der Waals surface area contributed by atoms with Gasteiger partial charge in [-0.2, -0.15) is 0 Å². The van der Waals surface area contributed by atoms with Crippen molar-refractivity contribution in [2.45, 2.75) is 31.4 Å². The van der Waals surface area contributed by atoms with Gasteiger partial charge in [-0.1, -0.05) is 0 Å². The Hall–Kier alpha value is -0.170. The second kappa shape index (κ2) is 5.79. The van der Waals surface area contributed by atoms with Crippen LogP contribution in [0.25, 0.3) is 0 Å². The predicted octanol–water partition coefficient (Wildman–Crippen LogP) is -0.307. The maximum Gasteiger partial charge on any atom is 0.211 e. The molecular weight excluding hydrogens is 216 g/mol. The highest BCUT2D eigenvalue weighted by molar-refractivity contribution is 7.89.